The number of aromatic nitrogens is 1. The highest BCUT2D eigenvalue weighted by Crippen LogP contribution is 2.37. The SMILES string of the molecule is CCN1C(=O)N(CCCc2cccnc2)C(=O)C12CCN(Cc1ccc(NC(C)=O)cc1)CC2. The summed E-state index contributed by atoms with van der Waals surface area (Å²) in [6, 6.07) is 11.6. The summed E-state index contributed by atoms with van der Waals surface area (Å²) in [7, 11) is 0. The molecule has 2 aliphatic heterocycles. The highest BCUT2D eigenvalue weighted by Gasteiger charge is 2.57. The first kappa shape index (κ1) is 23.9. The Morgan fingerprint density at radius 2 is 1.82 bits per heavy atom. The second kappa shape index (κ2) is 10.3. The van der Waals surface area contributed by atoms with E-state index in [-0.39, 0.29) is 17.8 Å². The van der Waals surface area contributed by atoms with E-state index in [0.29, 0.717) is 25.9 Å². The van der Waals surface area contributed by atoms with E-state index < -0.39 is 5.54 Å². The van der Waals surface area contributed by atoms with E-state index in [1.807, 2.05) is 49.5 Å². The number of nitrogens with one attached hydrogen (secondary N) is 1. The normalized spacial score (nSPS) is 18.1. The van der Waals surface area contributed by atoms with Crippen molar-refractivity contribution in [2.45, 2.75) is 51.6 Å². The lowest BCUT2D eigenvalue weighted by molar-refractivity contribution is -0.135. The number of likely N-dealkylation sites (N-methyl/N-ethyl adjacent to an activating group) is 1. The molecule has 0 radical (unpaired) electrons. The van der Waals surface area contributed by atoms with Gasteiger partial charge in [-0.15, -0.1) is 0 Å². The second-order valence-corrected chi connectivity index (χ2v) is 9.13. The summed E-state index contributed by atoms with van der Waals surface area (Å²) in [6.07, 6.45) is 6.39. The van der Waals surface area contributed by atoms with Gasteiger partial charge in [-0.05, 0) is 61.9 Å². The van der Waals surface area contributed by atoms with Crippen molar-refractivity contribution in [2.24, 2.45) is 0 Å². The molecule has 0 bridgehead atoms. The lowest BCUT2D eigenvalue weighted by atomic mass is 9.85. The number of aryl methyl sites for hydroxylation is 1. The number of urea groups is 1. The van der Waals surface area contributed by atoms with E-state index in [2.05, 4.69) is 15.2 Å². The zero-order valence-corrected chi connectivity index (χ0v) is 20.0. The van der Waals surface area contributed by atoms with Gasteiger partial charge >= 0.3 is 6.03 Å². The van der Waals surface area contributed by atoms with Gasteiger partial charge in [0.05, 0.1) is 0 Å². The van der Waals surface area contributed by atoms with Gasteiger partial charge < -0.3 is 10.2 Å². The number of benzene rings is 1. The fraction of sp³-hybridized carbons (Fsp3) is 0.462. The Balaban J connectivity index is 1.35. The molecular weight excluding hydrogens is 430 g/mol. The Kier molecular flexibility index (Phi) is 7.26. The molecule has 1 spiro atoms. The van der Waals surface area contributed by atoms with Crippen LogP contribution in [0.2, 0.25) is 0 Å². The van der Waals surface area contributed by atoms with Crippen LogP contribution in [0.25, 0.3) is 0 Å². The third kappa shape index (κ3) is 4.97. The maximum absolute atomic E-state index is 13.5. The minimum absolute atomic E-state index is 0.0372. The molecule has 0 saturated carbocycles. The van der Waals surface area contributed by atoms with Crippen molar-refractivity contribution in [2.75, 3.05) is 31.5 Å². The average molecular weight is 464 g/mol. The number of carbonyl (C=O) groups excluding carboxylic acids is 3. The average Bonchev–Trinajstić information content (AvgIpc) is 3.02. The molecule has 0 aliphatic carbocycles. The summed E-state index contributed by atoms with van der Waals surface area (Å²) in [5.74, 6) is -0.124. The highest BCUT2D eigenvalue weighted by molar-refractivity contribution is 6.07. The maximum atomic E-state index is 13.5. The van der Waals surface area contributed by atoms with E-state index in [9.17, 15) is 14.4 Å². The lowest BCUT2D eigenvalue weighted by Crippen LogP contribution is -2.56. The van der Waals surface area contributed by atoms with Crippen LogP contribution in [0.15, 0.2) is 48.8 Å². The third-order valence-corrected chi connectivity index (χ3v) is 6.87. The zero-order chi connectivity index (χ0) is 24.1. The first-order chi connectivity index (χ1) is 16.4. The molecule has 4 amide bonds. The number of piperidine rings is 1. The van der Waals surface area contributed by atoms with Crippen LogP contribution in [0.1, 0.15) is 44.2 Å². The van der Waals surface area contributed by atoms with Crippen LogP contribution in [0.3, 0.4) is 0 Å². The number of likely N-dealkylation sites (tertiary alicyclic amines) is 1. The Labute approximate surface area is 200 Å². The fourth-order valence-corrected chi connectivity index (χ4v) is 5.12. The number of anilines is 1. The topological polar surface area (TPSA) is 85.8 Å². The highest BCUT2D eigenvalue weighted by atomic mass is 16.2. The zero-order valence-electron chi connectivity index (χ0n) is 20.0. The van der Waals surface area contributed by atoms with Gasteiger partial charge in [0.2, 0.25) is 5.91 Å². The summed E-state index contributed by atoms with van der Waals surface area (Å²) < 4.78 is 0. The van der Waals surface area contributed by atoms with Crippen molar-refractivity contribution in [3.63, 3.8) is 0 Å². The van der Waals surface area contributed by atoms with Gasteiger partial charge in [0.15, 0.2) is 0 Å². The van der Waals surface area contributed by atoms with E-state index >= 15 is 0 Å². The maximum Gasteiger partial charge on any atom is 0.327 e. The first-order valence-corrected chi connectivity index (χ1v) is 12.0. The van der Waals surface area contributed by atoms with Gasteiger partial charge in [-0.3, -0.25) is 24.4 Å². The summed E-state index contributed by atoms with van der Waals surface area (Å²) >= 11 is 0. The van der Waals surface area contributed by atoms with Crippen LogP contribution < -0.4 is 5.32 Å². The molecule has 2 fully saturated rings. The standard InChI is InChI=1S/C26H33N5O3/c1-3-31-25(34)30(15-5-7-21-6-4-14-27-18-21)24(33)26(31)12-16-29(17-13-26)19-22-8-10-23(11-9-22)28-20(2)32/h4,6,8-11,14,18H,3,5,7,12-13,15-17,19H2,1-2H3,(H,28,32). The second-order valence-electron chi connectivity index (χ2n) is 9.13. The monoisotopic (exact) mass is 463 g/mol. The van der Waals surface area contributed by atoms with E-state index in [0.717, 1.165) is 49.3 Å². The number of amides is 4. The fourth-order valence-electron chi connectivity index (χ4n) is 5.12. The number of nitrogens with zero attached hydrogens (tertiary/aromatic N) is 4. The predicted octanol–water partition coefficient (Wildman–Crippen LogP) is 3.29. The van der Waals surface area contributed by atoms with E-state index in [1.54, 1.807) is 11.1 Å². The number of imide groups is 1. The first-order valence-electron chi connectivity index (χ1n) is 12.0. The van der Waals surface area contributed by atoms with Crippen LogP contribution in [-0.2, 0) is 22.6 Å². The Morgan fingerprint density at radius 3 is 2.44 bits per heavy atom. The van der Waals surface area contributed by atoms with Gasteiger partial charge in [0.25, 0.3) is 5.91 Å². The minimum atomic E-state index is -0.716. The Hall–Kier alpha value is -3.26. The molecule has 1 aromatic carbocycles. The van der Waals surface area contributed by atoms with Gasteiger partial charge in [-0.25, -0.2) is 4.79 Å². The largest absolute Gasteiger partial charge is 0.327 e. The van der Waals surface area contributed by atoms with Crippen LogP contribution >= 0.6 is 0 Å². The molecular formula is C26H33N5O3. The van der Waals surface area contributed by atoms with Gasteiger partial charge in [0.1, 0.15) is 5.54 Å². The quantitative estimate of drug-likeness (QED) is 0.607. The Bertz CT molecular complexity index is 1020. The van der Waals surface area contributed by atoms with Crippen molar-refractivity contribution in [1.82, 2.24) is 19.7 Å². The van der Waals surface area contributed by atoms with Crippen molar-refractivity contribution in [1.29, 1.82) is 0 Å². The van der Waals surface area contributed by atoms with Crippen LogP contribution in [-0.4, -0.2) is 69.2 Å². The molecule has 0 unspecified atom stereocenters. The molecule has 1 aromatic heterocycles. The molecule has 2 saturated heterocycles. The summed E-state index contributed by atoms with van der Waals surface area (Å²) in [6.45, 7) is 6.71. The molecule has 0 atom stereocenters. The summed E-state index contributed by atoms with van der Waals surface area (Å²) in [5, 5.41) is 2.78. The van der Waals surface area contributed by atoms with Gasteiger partial charge in [-0.2, -0.15) is 0 Å². The third-order valence-electron chi connectivity index (χ3n) is 6.87. The molecule has 2 aliphatic rings. The van der Waals surface area contributed by atoms with Gasteiger partial charge in [0, 0.05) is 57.7 Å². The molecule has 4 rings (SSSR count). The molecule has 1 N–H and O–H groups in total. The van der Waals surface area contributed by atoms with Crippen LogP contribution in [0.4, 0.5) is 10.5 Å². The molecule has 3 heterocycles. The molecule has 2 aromatic rings. The summed E-state index contributed by atoms with van der Waals surface area (Å²) in [4.78, 5) is 47.5. The van der Waals surface area contributed by atoms with Crippen LogP contribution in [0, 0.1) is 0 Å². The smallest absolute Gasteiger partial charge is 0.326 e. The van der Waals surface area contributed by atoms with Crippen molar-refractivity contribution >= 4 is 23.5 Å². The van der Waals surface area contributed by atoms with Crippen molar-refractivity contribution in [3.8, 4) is 0 Å². The van der Waals surface area contributed by atoms with Crippen LogP contribution in [0.5, 0.6) is 0 Å². The summed E-state index contributed by atoms with van der Waals surface area (Å²) in [5.41, 5.74) is 2.34. The molecule has 8 nitrogen and oxygen atoms in total. The number of hydrogen-bond acceptors (Lipinski definition) is 5. The number of hydrogen-bond donors (Lipinski definition) is 1. The van der Waals surface area contributed by atoms with Gasteiger partial charge in [-0.1, -0.05) is 18.2 Å². The molecule has 8 heteroatoms. The van der Waals surface area contributed by atoms with E-state index in [4.69, 9.17) is 0 Å². The minimum Gasteiger partial charge on any atom is -0.326 e. The van der Waals surface area contributed by atoms with E-state index in [1.165, 1.54) is 11.8 Å². The van der Waals surface area contributed by atoms with Crippen molar-refractivity contribution in [3.05, 3.63) is 59.9 Å². The molecule has 180 valence electrons. The van der Waals surface area contributed by atoms with Crippen molar-refractivity contribution < 1.29 is 14.4 Å². The number of pyridine rings is 1. The number of rotatable bonds is 8. The number of carbonyl (C=O) groups is 3. The Morgan fingerprint density at radius 1 is 1.09 bits per heavy atom. The molecule has 34 heavy (non-hydrogen) atoms. The predicted molar refractivity (Wildman–Crippen MR) is 130 cm³/mol. The lowest BCUT2D eigenvalue weighted by Gasteiger charge is -2.42.